The molecule has 0 heterocycles. The zero-order valence-corrected chi connectivity index (χ0v) is 21.4. The molecule has 0 saturated heterocycles. The smallest absolute Gasteiger partial charge is 0.255 e. The highest BCUT2D eigenvalue weighted by molar-refractivity contribution is 7.89. The Balaban J connectivity index is 1.80. The summed E-state index contributed by atoms with van der Waals surface area (Å²) in [5.74, 6) is 0.640. The molecule has 0 spiro atoms. The van der Waals surface area contributed by atoms with E-state index in [1.165, 1.54) is 39.7 Å². The third kappa shape index (κ3) is 6.41. The maximum absolute atomic E-state index is 13.3. The summed E-state index contributed by atoms with van der Waals surface area (Å²) in [5.41, 5.74) is 4.73. The van der Waals surface area contributed by atoms with Crippen molar-refractivity contribution in [1.82, 2.24) is 9.73 Å². The van der Waals surface area contributed by atoms with Crippen LogP contribution in [0.3, 0.4) is 0 Å². The van der Waals surface area contributed by atoms with Gasteiger partial charge >= 0.3 is 0 Å². The molecule has 0 aliphatic heterocycles. The fourth-order valence-electron chi connectivity index (χ4n) is 3.46. The van der Waals surface area contributed by atoms with Gasteiger partial charge in [0.2, 0.25) is 15.8 Å². The minimum atomic E-state index is -3.94. The lowest BCUT2D eigenvalue weighted by Crippen LogP contribution is -2.39. The van der Waals surface area contributed by atoms with Gasteiger partial charge in [-0.05, 0) is 36.8 Å². The fraction of sp³-hybridized carbons (Fsp3) is 0.231. The number of aryl methyl sites for hydroxylation is 1. The minimum absolute atomic E-state index is 0.0259. The minimum Gasteiger partial charge on any atom is -0.493 e. The number of ether oxygens (including phenoxy) is 3. The van der Waals surface area contributed by atoms with Crippen molar-refractivity contribution in [1.29, 1.82) is 0 Å². The lowest BCUT2D eigenvalue weighted by atomic mass is 10.1. The number of hydrogen-bond donors (Lipinski definition) is 1. The van der Waals surface area contributed by atoms with Gasteiger partial charge in [-0.2, -0.15) is 9.41 Å². The molecule has 0 atom stereocenters. The monoisotopic (exact) mass is 511 g/mol. The van der Waals surface area contributed by atoms with E-state index in [9.17, 15) is 13.2 Å². The van der Waals surface area contributed by atoms with E-state index in [0.29, 0.717) is 22.8 Å². The van der Waals surface area contributed by atoms with Crippen LogP contribution in [-0.4, -0.2) is 52.7 Å². The fourth-order valence-corrected chi connectivity index (χ4v) is 4.87. The van der Waals surface area contributed by atoms with E-state index in [2.05, 4.69) is 10.5 Å². The summed E-state index contributed by atoms with van der Waals surface area (Å²) in [6.07, 6.45) is 1.38. The van der Waals surface area contributed by atoms with Crippen LogP contribution in [0, 0.1) is 6.92 Å². The first kappa shape index (κ1) is 26.7. The number of hydrogen-bond acceptors (Lipinski definition) is 7. The van der Waals surface area contributed by atoms with Crippen LogP contribution in [-0.2, 0) is 21.4 Å². The predicted octanol–water partition coefficient (Wildman–Crippen LogP) is 3.36. The standard InChI is InChI=1S/C26H29N3O6S/c1-19-10-12-20(13-11-19)17-29(36(31,32)22-8-6-5-7-9-22)18-24(30)28-27-16-21-14-15-23(33-2)26(35-4)25(21)34-3/h5-16H,17-18H2,1-4H3,(H,28,30)/b27-16-. The molecular weight excluding hydrogens is 482 g/mol. The van der Waals surface area contributed by atoms with E-state index in [4.69, 9.17) is 14.2 Å². The maximum atomic E-state index is 13.3. The second-order valence-electron chi connectivity index (χ2n) is 7.79. The van der Waals surface area contributed by atoms with Crippen LogP contribution in [0.1, 0.15) is 16.7 Å². The van der Waals surface area contributed by atoms with Crippen LogP contribution in [0.25, 0.3) is 0 Å². The molecule has 0 aliphatic carbocycles. The van der Waals surface area contributed by atoms with Gasteiger partial charge in [-0.25, -0.2) is 13.8 Å². The summed E-state index contributed by atoms with van der Waals surface area (Å²) >= 11 is 0. The summed E-state index contributed by atoms with van der Waals surface area (Å²) in [4.78, 5) is 12.8. The van der Waals surface area contributed by atoms with E-state index in [1.807, 2.05) is 31.2 Å². The molecule has 3 rings (SSSR count). The molecule has 3 aromatic rings. The van der Waals surface area contributed by atoms with E-state index >= 15 is 0 Å². The highest BCUT2D eigenvalue weighted by atomic mass is 32.2. The van der Waals surface area contributed by atoms with Crippen LogP contribution >= 0.6 is 0 Å². The number of rotatable bonds is 11. The number of hydrazone groups is 1. The number of benzene rings is 3. The number of amides is 1. The van der Waals surface area contributed by atoms with E-state index in [1.54, 1.807) is 30.3 Å². The molecule has 3 aromatic carbocycles. The average Bonchev–Trinajstić information content (AvgIpc) is 2.89. The summed E-state index contributed by atoms with van der Waals surface area (Å²) in [7, 11) is 0.534. The van der Waals surface area contributed by atoms with Gasteiger partial charge in [0.25, 0.3) is 5.91 Å². The van der Waals surface area contributed by atoms with Crippen molar-refractivity contribution in [3.8, 4) is 17.2 Å². The first-order chi connectivity index (χ1) is 17.3. The Morgan fingerprint density at radius 1 is 0.917 bits per heavy atom. The molecule has 0 radical (unpaired) electrons. The van der Waals surface area contributed by atoms with Crippen molar-refractivity contribution < 1.29 is 27.4 Å². The highest BCUT2D eigenvalue weighted by Crippen LogP contribution is 2.38. The van der Waals surface area contributed by atoms with Crippen LogP contribution in [0.2, 0.25) is 0 Å². The number of sulfonamides is 1. The van der Waals surface area contributed by atoms with Crippen molar-refractivity contribution >= 4 is 22.1 Å². The molecule has 1 amide bonds. The van der Waals surface area contributed by atoms with Crippen LogP contribution in [0.15, 0.2) is 76.7 Å². The molecule has 0 aromatic heterocycles. The van der Waals surface area contributed by atoms with Crippen molar-refractivity contribution in [2.45, 2.75) is 18.4 Å². The number of nitrogens with one attached hydrogen (secondary N) is 1. The van der Waals surface area contributed by atoms with Gasteiger partial charge in [0.05, 0.1) is 39.0 Å². The summed E-state index contributed by atoms with van der Waals surface area (Å²) in [6.45, 7) is 1.55. The topological polar surface area (TPSA) is 107 Å². The average molecular weight is 512 g/mol. The van der Waals surface area contributed by atoms with Crippen LogP contribution < -0.4 is 19.6 Å². The Hall–Kier alpha value is -3.89. The quantitative estimate of drug-likeness (QED) is 0.313. The predicted molar refractivity (Wildman–Crippen MR) is 137 cm³/mol. The van der Waals surface area contributed by atoms with Gasteiger partial charge in [0, 0.05) is 12.1 Å². The maximum Gasteiger partial charge on any atom is 0.255 e. The number of methoxy groups -OCH3 is 3. The van der Waals surface area contributed by atoms with Crippen molar-refractivity contribution in [3.05, 3.63) is 83.4 Å². The Morgan fingerprint density at radius 2 is 1.58 bits per heavy atom. The van der Waals surface area contributed by atoms with E-state index in [-0.39, 0.29) is 11.4 Å². The second kappa shape index (κ2) is 12.2. The van der Waals surface area contributed by atoms with Gasteiger partial charge in [-0.15, -0.1) is 0 Å². The zero-order valence-electron chi connectivity index (χ0n) is 20.6. The van der Waals surface area contributed by atoms with Crippen molar-refractivity contribution in [2.75, 3.05) is 27.9 Å². The van der Waals surface area contributed by atoms with Gasteiger partial charge < -0.3 is 14.2 Å². The second-order valence-corrected chi connectivity index (χ2v) is 9.73. The molecule has 9 nitrogen and oxygen atoms in total. The summed E-state index contributed by atoms with van der Waals surface area (Å²) < 4.78 is 43.8. The molecule has 0 fully saturated rings. The van der Waals surface area contributed by atoms with E-state index in [0.717, 1.165) is 15.4 Å². The van der Waals surface area contributed by atoms with Gasteiger partial charge in [0.15, 0.2) is 11.5 Å². The number of nitrogens with zero attached hydrogens (tertiary/aromatic N) is 2. The normalized spacial score (nSPS) is 11.5. The van der Waals surface area contributed by atoms with Crippen LogP contribution in [0.4, 0.5) is 0 Å². The van der Waals surface area contributed by atoms with Gasteiger partial charge in [-0.3, -0.25) is 4.79 Å². The first-order valence-electron chi connectivity index (χ1n) is 11.0. The highest BCUT2D eigenvalue weighted by Gasteiger charge is 2.26. The van der Waals surface area contributed by atoms with Crippen LogP contribution in [0.5, 0.6) is 17.2 Å². The van der Waals surface area contributed by atoms with Crippen molar-refractivity contribution in [2.24, 2.45) is 5.10 Å². The Labute approximate surface area is 211 Å². The molecule has 0 unspecified atom stereocenters. The Kier molecular flexibility index (Phi) is 9.04. The molecule has 36 heavy (non-hydrogen) atoms. The van der Waals surface area contributed by atoms with Gasteiger partial charge in [-0.1, -0.05) is 48.0 Å². The number of carbonyl (C=O) groups is 1. The zero-order chi connectivity index (χ0) is 26.1. The third-order valence-electron chi connectivity index (χ3n) is 5.31. The molecule has 0 aliphatic rings. The largest absolute Gasteiger partial charge is 0.493 e. The first-order valence-corrected chi connectivity index (χ1v) is 12.5. The Morgan fingerprint density at radius 3 is 2.19 bits per heavy atom. The third-order valence-corrected chi connectivity index (χ3v) is 7.11. The molecular formula is C26H29N3O6S. The van der Waals surface area contributed by atoms with Crippen molar-refractivity contribution in [3.63, 3.8) is 0 Å². The summed E-state index contributed by atoms with van der Waals surface area (Å²) in [5, 5.41) is 3.99. The lowest BCUT2D eigenvalue weighted by molar-refractivity contribution is -0.121. The Bertz CT molecular complexity index is 1310. The molecule has 0 saturated carbocycles. The molecule has 1 N–H and O–H groups in total. The lowest BCUT2D eigenvalue weighted by Gasteiger charge is -2.21. The molecule has 10 heteroatoms. The molecule has 190 valence electrons. The summed E-state index contributed by atoms with van der Waals surface area (Å²) in [6, 6.07) is 18.8. The number of carbonyl (C=O) groups excluding carboxylic acids is 1. The SMILES string of the molecule is COc1ccc(/C=N\NC(=O)CN(Cc2ccc(C)cc2)S(=O)(=O)c2ccccc2)c(OC)c1OC. The van der Waals surface area contributed by atoms with E-state index < -0.39 is 22.5 Å². The van der Waals surface area contributed by atoms with Gasteiger partial charge in [0.1, 0.15) is 0 Å². The molecule has 0 bridgehead atoms.